The van der Waals surface area contributed by atoms with Crippen molar-refractivity contribution in [3.05, 3.63) is 139 Å². The number of amides is 1. The number of rotatable bonds is 12. The van der Waals surface area contributed by atoms with Crippen LogP contribution in [-0.2, 0) is 13.2 Å². The Morgan fingerprint density at radius 1 is 0.867 bits per heavy atom. The van der Waals surface area contributed by atoms with E-state index < -0.39 is 11.4 Å². The SMILES string of the molecule is Cc1cc(OCCCNC(=O)c2ccccc2)cc(C)c1-c1cccc(COc2ccc(Cn3oc(=O)[n-]c3=O)cc2)c1C.[Na+]. The second-order valence-electron chi connectivity index (χ2n) is 10.6. The molecule has 0 aliphatic rings. The van der Waals surface area contributed by atoms with E-state index in [4.69, 9.17) is 14.0 Å². The van der Waals surface area contributed by atoms with Gasteiger partial charge in [0, 0.05) is 18.7 Å². The Labute approximate surface area is 283 Å². The monoisotopic (exact) mass is 615 g/mol. The maximum atomic E-state index is 12.2. The average molecular weight is 616 g/mol. The number of carbonyl (C=O) groups is 1. The second kappa shape index (κ2) is 15.6. The molecule has 0 radical (unpaired) electrons. The standard InChI is InChI=1S/C35H35N3O6.Na/c1-23-19-30(42-18-8-17-36-33(39)27-9-5-4-6-10-27)20-24(2)32(23)31-12-7-11-28(25(31)3)22-43-29-15-13-26(14-16-29)21-38-34(40)37-35(41)44-38;/h4-7,9-16,19-20H,8,17-18,21-22H2,1-3H3,(H2,36,37,39,40,41);/q;+1/p-1. The molecule has 0 saturated heterocycles. The van der Waals surface area contributed by atoms with E-state index in [0.29, 0.717) is 37.5 Å². The van der Waals surface area contributed by atoms with Gasteiger partial charge < -0.3 is 24.3 Å². The molecule has 0 atom stereocenters. The van der Waals surface area contributed by atoms with E-state index in [2.05, 4.69) is 55.3 Å². The van der Waals surface area contributed by atoms with E-state index in [0.717, 1.165) is 43.9 Å². The van der Waals surface area contributed by atoms with Crippen molar-refractivity contribution in [2.45, 2.75) is 40.3 Å². The van der Waals surface area contributed by atoms with Crippen molar-refractivity contribution >= 4 is 5.91 Å². The summed E-state index contributed by atoms with van der Waals surface area (Å²) < 4.78 is 17.8. The van der Waals surface area contributed by atoms with Gasteiger partial charge in [0.1, 0.15) is 18.1 Å². The molecule has 1 aromatic heterocycles. The van der Waals surface area contributed by atoms with E-state index >= 15 is 0 Å². The number of hydrogen-bond acceptors (Lipinski definition) is 6. The molecule has 5 aromatic rings. The molecular weight excluding hydrogens is 581 g/mol. The van der Waals surface area contributed by atoms with Crippen molar-refractivity contribution in [3.63, 3.8) is 0 Å². The van der Waals surface area contributed by atoms with Crippen LogP contribution in [0, 0.1) is 20.8 Å². The second-order valence-corrected chi connectivity index (χ2v) is 10.6. The number of ether oxygens (including phenoxy) is 2. The molecule has 0 bridgehead atoms. The Kier molecular flexibility index (Phi) is 11.6. The molecule has 0 unspecified atom stereocenters. The molecule has 0 fully saturated rings. The first-order valence-corrected chi connectivity index (χ1v) is 14.4. The van der Waals surface area contributed by atoms with Crippen LogP contribution in [0.2, 0.25) is 0 Å². The maximum absolute atomic E-state index is 12.2. The van der Waals surface area contributed by atoms with Crippen molar-refractivity contribution in [2.24, 2.45) is 0 Å². The summed E-state index contributed by atoms with van der Waals surface area (Å²) in [6.07, 6.45) is 0.700. The molecule has 1 amide bonds. The van der Waals surface area contributed by atoms with Crippen molar-refractivity contribution < 1.29 is 48.3 Å². The van der Waals surface area contributed by atoms with Crippen LogP contribution in [0.4, 0.5) is 0 Å². The summed E-state index contributed by atoms with van der Waals surface area (Å²) in [6, 6.07) is 26.8. The number of aromatic nitrogens is 2. The van der Waals surface area contributed by atoms with Gasteiger partial charge in [0.15, 0.2) is 5.69 Å². The molecule has 10 heteroatoms. The minimum absolute atomic E-state index is 0. The Bertz CT molecular complexity index is 1840. The number of nitrogens with one attached hydrogen (secondary N) is 1. The van der Waals surface area contributed by atoms with Crippen molar-refractivity contribution in [3.8, 4) is 22.6 Å². The predicted octanol–water partition coefficient (Wildman–Crippen LogP) is 2.18. The number of aryl methyl sites for hydroxylation is 2. The van der Waals surface area contributed by atoms with Gasteiger partial charge in [-0.1, -0.05) is 48.5 Å². The number of carbonyl (C=O) groups excluding carboxylic acids is 1. The van der Waals surface area contributed by atoms with Crippen LogP contribution in [-0.4, -0.2) is 23.8 Å². The average Bonchev–Trinajstić information content (AvgIpc) is 3.33. The molecule has 5 rings (SSSR count). The summed E-state index contributed by atoms with van der Waals surface area (Å²) in [6.45, 7) is 7.82. The summed E-state index contributed by atoms with van der Waals surface area (Å²) in [7, 11) is 0. The fourth-order valence-electron chi connectivity index (χ4n) is 5.10. The third kappa shape index (κ3) is 8.66. The quantitative estimate of drug-likeness (QED) is 0.169. The molecule has 4 aromatic carbocycles. The molecular formula is C35H34N3NaO6. The van der Waals surface area contributed by atoms with Crippen molar-refractivity contribution in [1.29, 1.82) is 0 Å². The van der Waals surface area contributed by atoms with Gasteiger partial charge in [-0.05, 0) is 103 Å². The van der Waals surface area contributed by atoms with Crippen LogP contribution < -0.4 is 60.8 Å². The molecule has 9 nitrogen and oxygen atoms in total. The molecule has 0 aliphatic carbocycles. The Hall–Kier alpha value is -4.31. The van der Waals surface area contributed by atoms with Gasteiger partial charge in [-0.3, -0.25) is 14.3 Å². The Morgan fingerprint density at radius 3 is 2.24 bits per heavy atom. The van der Waals surface area contributed by atoms with Gasteiger partial charge in [-0.2, -0.15) is 0 Å². The predicted molar refractivity (Wildman–Crippen MR) is 167 cm³/mol. The Morgan fingerprint density at radius 2 is 1.58 bits per heavy atom. The largest absolute Gasteiger partial charge is 1.00 e. The summed E-state index contributed by atoms with van der Waals surface area (Å²) in [4.78, 5) is 38.2. The minimum Gasteiger partial charge on any atom is -0.494 e. The molecule has 45 heavy (non-hydrogen) atoms. The van der Waals surface area contributed by atoms with E-state index in [9.17, 15) is 14.4 Å². The summed E-state index contributed by atoms with van der Waals surface area (Å²) >= 11 is 0. The van der Waals surface area contributed by atoms with Gasteiger partial charge in [-0.15, -0.1) is 0 Å². The van der Waals surface area contributed by atoms with Crippen LogP contribution in [0.15, 0.2) is 99.0 Å². The first-order valence-electron chi connectivity index (χ1n) is 14.4. The third-order valence-corrected chi connectivity index (χ3v) is 7.37. The van der Waals surface area contributed by atoms with E-state index in [-0.39, 0.29) is 42.0 Å². The van der Waals surface area contributed by atoms with Gasteiger partial charge in [-0.25, -0.2) is 4.79 Å². The molecule has 0 aliphatic heterocycles. The van der Waals surface area contributed by atoms with Crippen molar-refractivity contribution in [1.82, 2.24) is 15.0 Å². The van der Waals surface area contributed by atoms with E-state index in [1.54, 1.807) is 12.1 Å². The molecule has 226 valence electrons. The van der Waals surface area contributed by atoms with Gasteiger partial charge >= 0.3 is 35.3 Å². The smallest absolute Gasteiger partial charge is 0.494 e. The molecule has 0 spiro atoms. The summed E-state index contributed by atoms with van der Waals surface area (Å²) in [5.41, 5.74) is 7.46. The minimum atomic E-state index is -0.902. The van der Waals surface area contributed by atoms with E-state index in [1.807, 2.05) is 48.5 Å². The Balaban J connectivity index is 0.00000461. The zero-order chi connectivity index (χ0) is 31.1. The van der Waals surface area contributed by atoms with Gasteiger partial charge in [0.25, 0.3) is 5.91 Å². The summed E-state index contributed by atoms with van der Waals surface area (Å²) in [5.74, 6) is 0.503. The topological polar surface area (TPSA) is 114 Å². The van der Waals surface area contributed by atoms with Gasteiger partial charge in [0.05, 0.1) is 6.61 Å². The number of nitrogens with zero attached hydrogens (tertiary/aromatic N) is 2. The zero-order valence-electron chi connectivity index (χ0n) is 26.0. The molecule has 1 N–H and O–H groups in total. The molecule has 0 saturated carbocycles. The summed E-state index contributed by atoms with van der Waals surface area (Å²) in [5, 5.41) is 2.93. The van der Waals surface area contributed by atoms with Crippen molar-refractivity contribution in [2.75, 3.05) is 13.2 Å². The number of hydrogen-bond donors (Lipinski definition) is 1. The van der Waals surface area contributed by atoms with Crippen LogP contribution in [0.1, 0.15) is 44.6 Å². The normalized spacial score (nSPS) is 10.6. The fraction of sp³-hybridized carbons (Fsp3) is 0.229. The first kappa shape index (κ1) is 33.6. The van der Waals surface area contributed by atoms with E-state index in [1.165, 1.54) is 5.56 Å². The van der Waals surface area contributed by atoms with Gasteiger partial charge in [0.2, 0.25) is 0 Å². The first-order chi connectivity index (χ1) is 21.3. The zero-order valence-corrected chi connectivity index (χ0v) is 28.0. The number of benzene rings is 4. The van der Waals surface area contributed by atoms with Crippen LogP contribution in [0.25, 0.3) is 11.1 Å². The van der Waals surface area contributed by atoms with Crippen LogP contribution >= 0.6 is 0 Å². The fourth-order valence-corrected chi connectivity index (χ4v) is 5.10. The molecule has 1 heterocycles. The maximum Gasteiger partial charge on any atom is 1.00 e. The van der Waals surface area contributed by atoms with Crippen LogP contribution in [0.5, 0.6) is 11.5 Å². The third-order valence-electron chi connectivity index (χ3n) is 7.37. The van der Waals surface area contributed by atoms with Crippen LogP contribution in [0.3, 0.4) is 0 Å².